The third kappa shape index (κ3) is 9.04. The van der Waals surface area contributed by atoms with Crippen molar-refractivity contribution in [2.75, 3.05) is 21.1 Å². The summed E-state index contributed by atoms with van der Waals surface area (Å²) in [6.07, 6.45) is -1.24. The van der Waals surface area contributed by atoms with Crippen molar-refractivity contribution in [3.05, 3.63) is 60.2 Å². The predicted molar refractivity (Wildman–Crippen MR) is 102 cm³/mol. The Morgan fingerprint density at radius 1 is 1.09 bits per heavy atom. The number of hydrogen-bond donors (Lipinski definition) is 2. The number of halogens is 1. The molecule has 126 valence electrons. The molecule has 0 fully saturated rings. The lowest BCUT2D eigenvalue weighted by atomic mass is 10.2. The average molecular weight is 430 g/mol. The summed E-state index contributed by atoms with van der Waals surface area (Å²) in [5.74, 6) is 0.329. The van der Waals surface area contributed by atoms with Gasteiger partial charge in [0.2, 0.25) is 0 Å². The molecule has 0 aromatic heterocycles. The van der Waals surface area contributed by atoms with Crippen LogP contribution in [0.1, 0.15) is 5.56 Å². The molecule has 0 atom stereocenters. The minimum atomic E-state index is -1.24. The summed E-state index contributed by atoms with van der Waals surface area (Å²) in [6, 6.07) is 16.6. The number of phenolic OH excluding ortho intramolecular Hbond substituents is 1. The zero-order chi connectivity index (χ0) is 16.6. The normalized spacial score (nSPS) is 9.87. The fraction of sp³-hybridized carbons (Fsp3) is 0.235. The second-order valence-corrected chi connectivity index (χ2v) is 5.66. The summed E-state index contributed by atoms with van der Waals surface area (Å²) in [7, 11) is 6.19. The molecule has 0 radical (unpaired) electrons. The fourth-order valence-corrected chi connectivity index (χ4v) is 1.68. The topological polar surface area (TPSA) is 72.4 Å². The molecule has 0 heterocycles. The molecular weight excluding hydrogens is 407 g/mol. The number of aromatic hydroxyl groups is 1. The molecule has 5 nitrogen and oxygen atoms in total. The molecule has 23 heavy (non-hydrogen) atoms. The van der Waals surface area contributed by atoms with E-state index in [1.165, 1.54) is 0 Å². The van der Waals surface area contributed by atoms with Crippen molar-refractivity contribution in [2.45, 2.75) is 6.54 Å². The van der Waals surface area contributed by atoms with Gasteiger partial charge in [0, 0.05) is 12.6 Å². The van der Waals surface area contributed by atoms with Gasteiger partial charge in [0.1, 0.15) is 17.5 Å². The van der Waals surface area contributed by atoms with Crippen molar-refractivity contribution in [3.8, 4) is 5.75 Å². The lowest BCUT2D eigenvalue weighted by Crippen LogP contribution is -2.35. The van der Waals surface area contributed by atoms with E-state index in [9.17, 15) is 9.90 Å². The Morgan fingerprint density at radius 2 is 1.70 bits per heavy atom. The Labute approximate surface area is 154 Å². The number of nitrogens with zero attached hydrogens (tertiary/aromatic N) is 1. The molecule has 0 aliphatic carbocycles. The number of quaternary nitrogens is 1. The van der Waals surface area contributed by atoms with Crippen molar-refractivity contribution in [2.24, 2.45) is 0 Å². The molecule has 0 bridgehead atoms. The van der Waals surface area contributed by atoms with Crippen LogP contribution in [-0.2, 0) is 6.54 Å². The van der Waals surface area contributed by atoms with Gasteiger partial charge in [-0.05, 0) is 17.7 Å². The Balaban J connectivity index is 0.000000403. The smallest absolute Gasteiger partial charge is 0.135 e. The Morgan fingerprint density at radius 3 is 2.13 bits per heavy atom. The van der Waals surface area contributed by atoms with Gasteiger partial charge in [0.25, 0.3) is 0 Å². The standard InChI is InChI=1S/C9H13NO.C8H9NO2.HI/c1-10(2,3)8-5-4-6-9(11)7-8;10-8(11)9-6-7-4-2-1-3-5-7;/h4-7H,1-3H3;1-5,9H,6H2,(H,10,11);1H. The van der Waals surface area contributed by atoms with E-state index in [-0.39, 0.29) is 24.0 Å². The van der Waals surface area contributed by atoms with E-state index < -0.39 is 6.09 Å². The molecule has 0 unspecified atom stereocenters. The van der Waals surface area contributed by atoms with Crippen LogP contribution < -0.4 is 14.9 Å². The van der Waals surface area contributed by atoms with Gasteiger partial charge in [-0.15, -0.1) is 24.0 Å². The van der Waals surface area contributed by atoms with E-state index in [4.69, 9.17) is 5.11 Å². The van der Waals surface area contributed by atoms with E-state index >= 15 is 0 Å². The van der Waals surface area contributed by atoms with Crippen molar-refractivity contribution in [1.29, 1.82) is 0 Å². The minimum Gasteiger partial charge on any atom is -0.530 e. The van der Waals surface area contributed by atoms with Crippen LogP contribution in [0.15, 0.2) is 54.6 Å². The predicted octanol–water partition coefficient (Wildman–Crippen LogP) is 2.33. The van der Waals surface area contributed by atoms with Crippen LogP contribution in [0.5, 0.6) is 5.75 Å². The second kappa shape index (κ2) is 10.1. The number of phenols is 1. The number of rotatable bonds is 3. The Kier molecular flexibility index (Phi) is 9.28. The number of carbonyl (C=O) groups is 1. The molecule has 2 aromatic rings. The molecule has 6 heteroatoms. The second-order valence-electron chi connectivity index (χ2n) is 5.66. The maximum absolute atomic E-state index is 9.95. The van der Waals surface area contributed by atoms with Gasteiger partial charge in [-0.1, -0.05) is 36.4 Å². The van der Waals surface area contributed by atoms with Crippen molar-refractivity contribution in [1.82, 2.24) is 9.80 Å². The van der Waals surface area contributed by atoms with Gasteiger partial charge < -0.3 is 20.3 Å². The fourth-order valence-electron chi connectivity index (χ4n) is 1.68. The highest BCUT2D eigenvalue weighted by Crippen LogP contribution is 2.21. The first-order valence-electron chi connectivity index (χ1n) is 6.89. The van der Waals surface area contributed by atoms with Crippen LogP contribution in [-0.4, -0.2) is 32.3 Å². The molecule has 0 saturated carbocycles. The largest absolute Gasteiger partial charge is 0.530 e. The first-order valence-corrected chi connectivity index (χ1v) is 6.89. The van der Waals surface area contributed by atoms with Crippen LogP contribution in [0, 0.1) is 0 Å². The van der Waals surface area contributed by atoms with Gasteiger partial charge >= 0.3 is 0 Å². The molecule has 2 N–H and O–H groups in total. The van der Waals surface area contributed by atoms with Crippen molar-refractivity contribution in [3.63, 3.8) is 0 Å². The highest BCUT2D eigenvalue weighted by Gasteiger charge is 2.11. The first kappa shape index (κ1) is 21.2. The van der Waals surface area contributed by atoms with Crippen LogP contribution in [0.3, 0.4) is 0 Å². The van der Waals surface area contributed by atoms with Crippen LogP contribution in [0.4, 0.5) is 10.5 Å². The zero-order valence-corrected chi connectivity index (χ0v) is 15.9. The van der Waals surface area contributed by atoms with Gasteiger partial charge in [-0.25, -0.2) is 0 Å². The first-order chi connectivity index (χ1) is 10.3. The molecule has 1 amide bonds. The number of carbonyl (C=O) groups excluding carboxylic acids is 1. The molecule has 0 aliphatic heterocycles. The van der Waals surface area contributed by atoms with E-state index in [0.29, 0.717) is 12.3 Å². The summed E-state index contributed by atoms with van der Waals surface area (Å²) in [5.41, 5.74) is 2.03. The highest BCUT2D eigenvalue weighted by molar-refractivity contribution is 14.0. The zero-order valence-electron chi connectivity index (χ0n) is 13.5. The Bertz CT molecular complexity index is 598. The quantitative estimate of drug-likeness (QED) is 0.580. The SMILES string of the molecule is C[N+](C)(C)c1cccc(O)c1.I.O=C([O-])NCc1ccccc1. The molecule has 0 spiro atoms. The molecule has 2 aromatic carbocycles. The Hall–Kier alpha value is -1.80. The van der Waals surface area contributed by atoms with Crippen LogP contribution in [0.25, 0.3) is 0 Å². The maximum Gasteiger partial charge on any atom is 0.135 e. The lowest BCUT2D eigenvalue weighted by Gasteiger charge is -2.23. The lowest BCUT2D eigenvalue weighted by molar-refractivity contribution is -0.251. The summed E-state index contributed by atoms with van der Waals surface area (Å²) in [6.45, 7) is 0.309. The number of carboxylic acid groups (broad SMARTS) is 1. The van der Waals surface area contributed by atoms with Crippen LogP contribution >= 0.6 is 24.0 Å². The molecule has 0 aliphatic rings. The summed E-state index contributed by atoms with van der Waals surface area (Å²) in [4.78, 5) is 9.95. The van der Waals surface area contributed by atoms with E-state index in [2.05, 4.69) is 26.5 Å². The number of amides is 1. The summed E-state index contributed by atoms with van der Waals surface area (Å²) < 4.78 is 0.731. The maximum atomic E-state index is 9.95. The third-order valence-electron chi connectivity index (χ3n) is 2.88. The highest BCUT2D eigenvalue weighted by atomic mass is 127. The van der Waals surface area contributed by atoms with E-state index in [1.54, 1.807) is 12.1 Å². The average Bonchev–Trinajstić information content (AvgIpc) is 2.46. The summed E-state index contributed by atoms with van der Waals surface area (Å²) in [5, 5.41) is 21.3. The monoisotopic (exact) mass is 430 g/mol. The molecule has 2 rings (SSSR count). The third-order valence-corrected chi connectivity index (χ3v) is 2.88. The summed E-state index contributed by atoms with van der Waals surface area (Å²) >= 11 is 0. The van der Waals surface area contributed by atoms with E-state index in [0.717, 1.165) is 15.7 Å². The number of hydrogen-bond acceptors (Lipinski definition) is 3. The van der Waals surface area contributed by atoms with Gasteiger partial charge in [0.05, 0.1) is 21.1 Å². The minimum absolute atomic E-state index is 0. The number of nitrogens with one attached hydrogen (secondary N) is 1. The van der Waals surface area contributed by atoms with Crippen LogP contribution in [0.2, 0.25) is 0 Å². The van der Waals surface area contributed by atoms with Gasteiger partial charge in [0.15, 0.2) is 0 Å². The van der Waals surface area contributed by atoms with Crippen molar-refractivity contribution < 1.29 is 15.0 Å². The molecular formula is C17H23IN2O3. The number of benzene rings is 2. The van der Waals surface area contributed by atoms with Crippen molar-refractivity contribution >= 4 is 35.8 Å². The van der Waals surface area contributed by atoms with E-state index in [1.807, 2.05) is 42.5 Å². The van der Waals surface area contributed by atoms with Gasteiger partial charge in [-0.3, -0.25) is 4.48 Å². The van der Waals surface area contributed by atoms with Gasteiger partial charge in [-0.2, -0.15) is 0 Å². The molecule has 0 saturated heterocycles.